The summed E-state index contributed by atoms with van der Waals surface area (Å²) in [6.07, 6.45) is -5.08. The number of rotatable bonds is 9. The number of ether oxygens (including phenoxy) is 1. The van der Waals surface area contributed by atoms with Crippen LogP contribution < -0.4 is 4.74 Å². The Morgan fingerprint density at radius 3 is 2.16 bits per heavy atom. The molecule has 31 heavy (non-hydrogen) atoms. The van der Waals surface area contributed by atoms with Crippen LogP contribution in [0.2, 0.25) is 0 Å². The molecular weight excluding hydrogens is 407 g/mol. The summed E-state index contributed by atoms with van der Waals surface area (Å²) in [4.78, 5) is 6.66. The molecule has 1 heterocycles. The normalized spacial score (nSPS) is 17.1. The van der Waals surface area contributed by atoms with Gasteiger partial charge in [0.1, 0.15) is 5.75 Å². The van der Waals surface area contributed by atoms with E-state index in [4.69, 9.17) is 0 Å². The van der Waals surface area contributed by atoms with Crippen molar-refractivity contribution in [3.8, 4) is 5.75 Å². The number of aliphatic hydroxyl groups is 1. The van der Waals surface area contributed by atoms with Gasteiger partial charge in [-0.15, -0.1) is 13.2 Å². The van der Waals surface area contributed by atoms with Crippen LogP contribution in [0.1, 0.15) is 11.1 Å². The summed E-state index contributed by atoms with van der Waals surface area (Å²) in [7, 11) is 2.01. The number of likely N-dealkylation sites (N-methyl/N-ethyl adjacent to an activating group) is 1. The van der Waals surface area contributed by atoms with E-state index in [0.717, 1.165) is 38.3 Å². The molecule has 1 aliphatic rings. The third-order valence-electron chi connectivity index (χ3n) is 5.31. The van der Waals surface area contributed by atoms with Gasteiger partial charge >= 0.3 is 6.36 Å². The van der Waals surface area contributed by atoms with Gasteiger partial charge in [-0.05, 0) is 30.3 Å². The van der Waals surface area contributed by atoms with Crippen LogP contribution >= 0.6 is 0 Å². The SMILES string of the molecule is CN(Cc1ccccc1)CC(O)CN1CCN(Cc2ccc(OC(F)(F)F)cc2)CC1. The van der Waals surface area contributed by atoms with Crippen molar-refractivity contribution in [2.45, 2.75) is 25.6 Å². The minimum absolute atomic E-state index is 0.202. The molecule has 2 aromatic carbocycles. The van der Waals surface area contributed by atoms with Gasteiger partial charge in [0.15, 0.2) is 0 Å². The molecule has 0 bridgehead atoms. The molecule has 8 heteroatoms. The number of aliphatic hydroxyl groups excluding tert-OH is 1. The van der Waals surface area contributed by atoms with Gasteiger partial charge in [0, 0.05) is 52.4 Å². The highest BCUT2D eigenvalue weighted by Crippen LogP contribution is 2.23. The first-order chi connectivity index (χ1) is 14.8. The highest BCUT2D eigenvalue weighted by Gasteiger charge is 2.31. The third kappa shape index (κ3) is 8.49. The van der Waals surface area contributed by atoms with Crippen molar-refractivity contribution in [1.82, 2.24) is 14.7 Å². The van der Waals surface area contributed by atoms with Gasteiger partial charge in [0.05, 0.1) is 6.10 Å². The summed E-state index contributed by atoms with van der Waals surface area (Å²) in [5.41, 5.74) is 2.18. The van der Waals surface area contributed by atoms with Crippen molar-refractivity contribution in [2.75, 3.05) is 46.3 Å². The molecule has 170 valence electrons. The predicted octanol–water partition coefficient (Wildman–Crippen LogP) is 3.20. The van der Waals surface area contributed by atoms with E-state index in [0.29, 0.717) is 19.6 Å². The Labute approximate surface area is 181 Å². The lowest BCUT2D eigenvalue weighted by molar-refractivity contribution is -0.274. The van der Waals surface area contributed by atoms with Crippen LogP contribution in [0.15, 0.2) is 54.6 Å². The van der Waals surface area contributed by atoms with Crippen molar-refractivity contribution in [2.24, 2.45) is 0 Å². The molecule has 1 unspecified atom stereocenters. The first-order valence-corrected chi connectivity index (χ1v) is 10.5. The van der Waals surface area contributed by atoms with Crippen LogP contribution in [0.5, 0.6) is 5.75 Å². The van der Waals surface area contributed by atoms with E-state index in [1.165, 1.54) is 17.7 Å². The van der Waals surface area contributed by atoms with Crippen molar-refractivity contribution >= 4 is 0 Å². The van der Waals surface area contributed by atoms with Crippen LogP contribution in [-0.4, -0.2) is 78.6 Å². The summed E-state index contributed by atoms with van der Waals surface area (Å²) in [5.74, 6) is -0.202. The van der Waals surface area contributed by atoms with Crippen molar-refractivity contribution in [3.05, 3.63) is 65.7 Å². The van der Waals surface area contributed by atoms with E-state index in [9.17, 15) is 18.3 Å². The quantitative estimate of drug-likeness (QED) is 0.653. The standard InChI is InChI=1S/C23H30F3N3O2/c1-27(15-19-5-3-2-4-6-19)17-21(30)18-29-13-11-28(12-14-29)16-20-7-9-22(10-8-20)31-23(24,25)26/h2-10,21,30H,11-18H2,1H3. The molecule has 2 aromatic rings. The maximum atomic E-state index is 12.3. The van der Waals surface area contributed by atoms with Gasteiger partial charge in [-0.3, -0.25) is 14.7 Å². The van der Waals surface area contributed by atoms with Gasteiger partial charge in [-0.2, -0.15) is 0 Å². The average Bonchev–Trinajstić information content (AvgIpc) is 2.70. The highest BCUT2D eigenvalue weighted by atomic mass is 19.4. The van der Waals surface area contributed by atoms with E-state index >= 15 is 0 Å². The summed E-state index contributed by atoms with van der Waals surface area (Å²) < 4.78 is 40.7. The molecule has 3 rings (SSSR count). The lowest BCUT2D eigenvalue weighted by atomic mass is 10.2. The maximum absolute atomic E-state index is 12.3. The van der Waals surface area contributed by atoms with E-state index in [-0.39, 0.29) is 5.75 Å². The van der Waals surface area contributed by atoms with E-state index < -0.39 is 12.5 Å². The maximum Gasteiger partial charge on any atom is 0.573 e. The molecule has 0 aromatic heterocycles. The summed E-state index contributed by atoms with van der Waals surface area (Å²) in [6.45, 7) is 6.16. The lowest BCUT2D eigenvalue weighted by Crippen LogP contribution is -2.49. The van der Waals surface area contributed by atoms with Crippen LogP contribution in [0, 0.1) is 0 Å². The molecule has 1 aliphatic heterocycles. The second kappa shape index (κ2) is 10.9. The molecule has 1 saturated heterocycles. The Balaban J connectivity index is 1.36. The second-order valence-electron chi connectivity index (χ2n) is 8.10. The smallest absolute Gasteiger partial charge is 0.406 e. The second-order valence-corrected chi connectivity index (χ2v) is 8.10. The molecule has 1 atom stereocenters. The van der Waals surface area contributed by atoms with Crippen molar-refractivity contribution in [1.29, 1.82) is 0 Å². The summed E-state index contributed by atoms with van der Waals surface area (Å²) >= 11 is 0. The molecule has 0 spiro atoms. The van der Waals surface area contributed by atoms with Gasteiger partial charge in [-0.1, -0.05) is 42.5 Å². The zero-order valence-electron chi connectivity index (χ0n) is 17.8. The van der Waals surface area contributed by atoms with Crippen molar-refractivity contribution in [3.63, 3.8) is 0 Å². The number of benzene rings is 2. The van der Waals surface area contributed by atoms with E-state index in [2.05, 4.69) is 31.6 Å². The van der Waals surface area contributed by atoms with Gasteiger partial charge < -0.3 is 9.84 Å². The molecule has 0 amide bonds. The minimum Gasteiger partial charge on any atom is -0.406 e. The van der Waals surface area contributed by atoms with Crippen LogP contribution in [-0.2, 0) is 13.1 Å². The molecule has 0 saturated carbocycles. The first kappa shape index (κ1) is 23.5. The summed E-state index contributed by atoms with van der Waals surface area (Å²) in [5, 5.41) is 10.5. The van der Waals surface area contributed by atoms with Gasteiger partial charge in [0.25, 0.3) is 0 Å². The lowest BCUT2D eigenvalue weighted by Gasteiger charge is -2.36. The molecule has 0 aliphatic carbocycles. The Morgan fingerprint density at radius 2 is 1.55 bits per heavy atom. The number of alkyl halides is 3. The fraction of sp³-hybridized carbons (Fsp3) is 0.478. The minimum atomic E-state index is -4.67. The Kier molecular flexibility index (Phi) is 8.31. The van der Waals surface area contributed by atoms with E-state index in [1.54, 1.807) is 12.1 Å². The Hall–Kier alpha value is -2.13. The highest BCUT2D eigenvalue weighted by molar-refractivity contribution is 5.27. The molecule has 5 nitrogen and oxygen atoms in total. The largest absolute Gasteiger partial charge is 0.573 e. The number of halogens is 3. The van der Waals surface area contributed by atoms with E-state index in [1.807, 2.05) is 25.2 Å². The number of piperazine rings is 1. The van der Waals surface area contributed by atoms with Crippen molar-refractivity contribution < 1.29 is 23.0 Å². The number of β-amino-alcohol motifs (C(OH)–C–C–N with tert-alkyl or cyclic N) is 1. The zero-order chi connectivity index (χ0) is 22.3. The molecular formula is C23H30F3N3O2. The van der Waals surface area contributed by atoms with Crippen LogP contribution in [0.3, 0.4) is 0 Å². The topological polar surface area (TPSA) is 39.2 Å². The zero-order valence-corrected chi connectivity index (χ0v) is 17.8. The van der Waals surface area contributed by atoms with Gasteiger partial charge in [0.2, 0.25) is 0 Å². The first-order valence-electron chi connectivity index (χ1n) is 10.5. The number of hydrogen-bond donors (Lipinski definition) is 1. The summed E-state index contributed by atoms with van der Waals surface area (Å²) in [6, 6.07) is 16.2. The Bertz CT molecular complexity index is 779. The molecule has 0 radical (unpaired) electrons. The third-order valence-corrected chi connectivity index (χ3v) is 5.31. The van der Waals surface area contributed by atoms with Gasteiger partial charge in [-0.25, -0.2) is 0 Å². The fourth-order valence-corrected chi connectivity index (χ4v) is 3.86. The molecule has 1 N–H and O–H groups in total. The Morgan fingerprint density at radius 1 is 0.935 bits per heavy atom. The molecule has 1 fully saturated rings. The number of hydrogen-bond acceptors (Lipinski definition) is 5. The fourth-order valence-electron chi connectivity index (χ4n) is 3.86. The van der Waals surface area contributed by atoms with Crippen LogP contribution in [0.4, 0.5) is 13.2 Å². The monoisotopic (exact) mass is 437 g/mol. The average molecular weight is 438 g/mol. The number of nitrogens with zero attached hydrogens (tertiary/aromatic N) is 3. The van der Waals surface area contributed by atoms with Crippen LogP contribution in [0.25, 0.3) is 0 Å². The predicted molar refractivity (Wildman–Crippen MR) is 114 cm³/mol.